The molecule has 0 spiro atoms. The van der Waals surface area contributed by atoms with Crippen molar-refractivity contribution in [3.63, 3.8) is 0 Å². The zero-order valence-corrected chi connectivity index (χ0v) is 17.1. The van der Waals surface area contributed by atoms with Gasteiger partial charge < -0.3 is 9.47 Å². The molecule has 0 bridgehead atoms. The molecule has 2 N–H and O–H groups in total. The van der Waals surface area contributed by atoms with E-state index in [-0.39, 0.29) is 12.3 Å². The van der Waals surface area contributed by atoms with Crippen LogP contribution in [0.1, 0.15) is 21.5 Å². The molecule has 2 amide bonds. The van der Waals surface area contributed by atoms with Gasteiger partial charge in [-0.25, -0.2) is 0 Å². The summed E-state index contributed by atoms with van der Waals surface area (Å²) in [5, 5.41) is 0.647. The summed E-state index contributed by atoms with van der Waals surface area (Å²) in [7, 11) is 1.58. The second kappa shape index (κ2) is 10.3. The van der Waals surface area contributed by atoms with Gasteiger partial charge in [0.25, 0.3) is 5.91 Å². The van der Waals surface area contributed by atoms with Crippen molar-refractivity contribution in [1.29, 1.82) is 0 Å². The molecule has 3 rings (SSSR count). The maximum absolute atomic E-state index is 12.2. The average Bonchev–Trinajstić information content (AvgIpc) is 2.78. The van der Waals surface area contributed by atoms with Crippen molar-refractivity contribution < 1.29 is 19.1 Å². The molecule has 0 fully saturated rings. The summed E-state index contributed by atoms with van der Waals surface area (Å²) in [6.07, 6.45) is 0.144. The highest BCUT2D eigenvalue weighted by Crippen LogP contribution is 2.17. The Morgan fingerprint density at radius 1 is 0.800 bits per heavy atom. The van der Waals surface area contributed by atoms with E-state index < -0.39 is 5.91 Å². The number of carbonyl (C=O) groups excluding carboxylic acids is 2. The second-order valence-corrected chi connectivity index (χ2v) is 6.90. The molecule has 0 heterocycles. The number of halogens is 1. The van der Waals surface area contributed by atoms with Crippen LogP contribution in [0.3, 0.4) is 0 Å². The van der Waals surface area contributed by atoms with E-state index in [9.17, 15) is 9.59 Å². The summed E-state index contributed by atoms with van der Waals surface area (Å²) >= 11 is 5.85. The Morgan fingerprint density at radius 2 is 1.40 bits per heavy atom. The minimum atomic E-state index is -0.400. The number of hydrazine groups is 1. The Labute approximate surface area is 179 Å². The lowest BCUT2D eigenvalue weighted by Crippen LogP contribution is -2.42. The average molecular weight is 425 g/mol. The van der Waals surface area contributed by atoms with Crippen molar-refractivity contribution in [3.8, 4) is 11.5 Å². The first-order valence-electron chi connectivity index (χ1n) is 9.23. The third kappa shape index (κ3) is 6.25. The molecule has 0 aliphatic rings. The Hall–Kier alpha value is -3.51. The van der Waals surface area contributed by atoms with Gasteiger partial charge in [-0.3, -0.25) is 20.4 Å². The number of carbonyl (C=O) groups is 2. The van der Waals surface area contributed by atoms with Crippen LogP contribution in [-0.2, 0) is 17.8 Å². The first-order chi connectivity index (χ1) is 14.5. The van der Waals surface area contributed by atoms with Crippen LogP contribution in [0, 0.1) is 0 Å². The molecular formula is C23H21ClN2O4. The topological polar surface area (TPSA) is 76.7 Å². The van der Waals surface area contributed by atoms with Gasteiger partial charge in [-0.05, 0) is 59.7 Å². The number of hydrogen-bond acceptors (Lipinski definition) is 4. The number of rotatable bonds is 7. The number of amides is 2. The number of methoxy groups -OCH3 is 1. The predicted octanol–water partition coefficient (Wildman–Crippen LogP) is 3.93. The van der Waals surface area contributed by atoms with E-state index in [0.717, 1.165) is 16.9 Å². The third-order valence-electron chi connectivity index (χ3n) is 4.27. The van der Waals surface area contributed by atoms with E-state index in [4.69, 9.17) is 21.1 Å². The number of ether oxygens (including phenoxy) is 2. The van der Waals surface area contributed by atoms with Crippen molar-refractivity contribution in [1.82, 2.24) is 10.9 Å². The first kappa shape index (κ1) is 21.2. The molecule has 30 heavy (non-hydrogen) atoms. The summed E-state index contributed by atoms with van der Waals surface area (Å²) in [4.78, 5) is 24.2. The number of hydrogen-bond donors (Lipinski definition) is 2. The second-order valence-electron chi connectivity index (χ2n) is 6.47. The molecule has 0 unspecified atom stereocenters. The zero-order chi connectivity index (χ0) is 21.3. The van der Waals surface area contributed by atoms with Crippen molar-refractivity contribution in [3.05, 3.63) is 94.5 Å². The summed E-state index contributed by atoms with van der Waals surface area (Å²) in [6.45, 7) is 0.363. The van der Waals surface area contributed by atoms with E-state index in [1.807, 2.05) is 0 Å². The smallest absolute Gasteiger partial charge is 0.269 e. The van der Waals surface area contributed by atoms with Gasteiger partial charge >= 0.3 is 0 Å². The van der Waals surface area contributed by atoms with Crippen LogP contribution >= 0.6 is 11.6 Å². The van der Waals surface area contributed by atoms with E-state index in [1.165, 1.54) is 0 Å². The van der Waals surface area contributed by atoms with Crippen LogP contribution in [0.25, 0.3) is 0 Å². The fraction of sp³-hybridized carbons (Fsp3) is 0.130. The van der Waals surface area contributed by atoms with Crippen molar-refractivity contribution >= 4 is 23.4 Å². The first-order valence-corrected chi connectivity index (χ1v) is 9.61. The molecule has 0 aliphatic carbocycles. The SMILES string of the molecule is COc1ccc(CC(=O)NNC(=O)c2ccc(COc3ccc(Cl)cc3)cc2)cc1. The zero-order valence-electron chi connectivity index (χ0n) is 16.4. The van der Waals surface area contributed by atoms with Gasteiger partial charge in [0.1, 0.15) is 18.1 Å². The lowest BCUT2D eigenvalue weighted by molar-refractivity contribution is -0.121. The Kier molecular flexibility index (Phi) is 7.29. The predicted molar refractivity (Wildman–Crippen MR) is 115 cm³/mol. The van der Waals surface area contributed by atoms with Gasteiger partial charge in [0.15, 0.2) is 0 Å². The number of benzene rings is 3. The van der Waals surface area contributed by atoms with Gasteiger partial charge in [-0.2, -0.15) is 0 Å². The quantitative estimate of drug-likeness (QED) is 0.563. The number of nitrogens with one attached hydrogen (secondary N) is 2. The van der Waals surface area contributed by atoms with E-state index in [2.05, 4.69) is 10.9 Å². The van der Waals surface area contributed by atoms with E-state index in [0.29, 0.717) is 22.9 Å². The van der Waals surface area contributed by atoms with Crippen molar-refractivity contribution in [2.75, 3.05) is 7.11 Å². The normalized spacial score (nSPS) is 10.2. The summed E-state index contributed by atoms with van der Waals surface area (Å²) in [5.74, 6) is 0.708. The standard InChI is InChI=1S/C23H21ClN2O4/c1-29-20-10-4-16(5-11-20)14-22(27)25-26-23(28)18-6-2-17(3-7-18)15-30-21-12-8-19(24)9-13-21/h2-13H,14-15H2,1H3,(H,25,27)(H,26,28). The molecule has 7 heteroatoms. The lowest BCUT2D eigenvalue weighted by atomic mass is 10.1. The van der Waals surface area contributed by atoms with Crippen LogP contribution in [0.5, 0.6) is 11.5 Å². The van der Waals surface area contributed by atoms with Crippen LogP contribution in [-0.4, -0.2) is 18.9 Å². The van der Waals surface area contributed by atoms with E-state index in [1.54, 1.807) is 79.9 Å². The highest BCUT2D eigenvalue weighted by molar-refractivity contribution is 6.30. The minimum Gasteiger partial charge on any atom is -0.497 e. The molecule has 3 aromatic rings. The third-order valence-corrected chi connectivity index (χ3v) is 4.53. The van der Waals surface area contributed by atoms with Crippen molar-refractivity contribution in [2.24, 2.45) is 0 Å². The maximum Gasteiger partial charge on any atom is 0.269 e. The van der Waals surface area contributed by atoms with Gasteiger partial charge in [0.05, 0.1) is 13.5 Å². The van der Waals surface area contributed by atoms with Crippen LogP contribution < -0.4 is 20.3 Å². The van der Waals surface area contributed by atoms with Gasteiger partial charge in [0, 0.05) is 10.6 Å². The molecule has 0 saturated carbocycles. The molecule has 0 atom stereocenters. The fourth-order valence-corrected chi connectivity index (χ4v) is 2.75. The fourth-order valence-electron chi connectivity index (χ4n) is 2.62. The summed E-state index contributed by atoms with van der Waals surface area (Å²) in [5.41, 5.74) is 6.98. The Morgan fingerprint density at radius 3 is 2.03 bits per heavy atom. The van der Waals surface area contributed by atoms with Crippen molar-refractivity contribution in [2.45, 2.75) is 13.0 Å². The molecule has 0 aliphatic heterocycles. The van der Waals surface area contributed by atoms with Gasteiger partial charge in [0.2, 0.25) is 5.91 Å². The Balaban J connectivity index is 1.45. The summed E-state index contributed by atoms with van der Waals surface area (Å²) in [6, 6.07) is 21.2. The van der Waals surface area contributed by atoms with Crippen LogP contribution in [0.15, 0.2) is 72.8 Å². The lowest BCUT2D eigenvalue weighted by Gasteiger charge is -2.09. The van der Waals surface area contributed by atoms with Crippen LogP contribution in [0.2, 0.25) is 5.02 Å². The van der Waals surface area contributed by atoms with E-state index >= 15 is 0 Å². The molecule has 0 radical (unpaired) electrons. The molecule has 3 aromatic carbocycles. The highest BCUT2D eigenvalue weighted by Gasteiger charge is 2.08. The summed E-state index contributed by atoms with van der Waals surface area (Å²) < 4.78 is 10.8. The largest absolute Gasteiger partial charge is 0.497 e. The van der Waals surface area contributed by atoms with Gasteiger partial charge in [-0.1, -0.05) is 35.9 Å². The molecule has 0 saturated heterocycles. The molecule has 0 aromatic heterocycles. The maximum atomic E-state index is 12.2. The molecule has 6 nitrogen and oxygen atoms in total. The van der Waals surface area contributed by atoms with Crippen LogP contribution in [0.4, 0.5) is 0 Å². The molecular weight excluding hydrogens is 404 g/mol. The highest BCUT2D eigenvalue weighted by atomic mass is 35.5. The Bertz CT molecular complexity index is 987. The van der Waals surface area contributed by atoms with Gasteiger partial charge in [-0.15, -0.1) is 0 Å². The minimum absolute atomic E-state index is 0.144. The monoisotopic (exact) mass is 424 g/mol. The molecule has 154 valence electrons.